The van der Waals surface area contributed by atoms with Gasteiger partial charge in [-0.3, -0.25) is 19.2 Å². The van der Waals surface area contributed by atoms with Gasteiger partial charge in [0.1, 0.15) is 18.1 Å². The van der Waals surface area contributed by atoms with Crippen LogP contribution >= 0.6 is 0 Å². The third-order valence-electron chi connectivity index (χ3n) is 6.40. The summed E-state index contributed by atoms with van der Waals surface area (Å²) >= 11 is 0. The number of amides is 3. The largest absolute Gasteiger partial charge is 0.481 e. The van der Waals surface area contributed by atoms with Gasteiger partial charge in [0, 0.05) is 19.3 Å². The highest BCUT2D eigenvalue weighted by molar-refractivity contribution is 5.94. The van der Waals surface area contributed by atoms with E-state index in [1.54, 1.807) is 60.7 Å². The summed E-state index contributed by atoms with van der Waals surface area (Å²) in [4.78, 5) is 62.3. The Kier molecular flexibility index (Phi) is 14.0. The maximum Gasteiger partial charge on any atom is 0.326 e. The van der Waals surface area contributed by atoms with Gasteiger partial charge in [-0.05, 0) is 43.4 Å². The molecular formula is C29H39N5O7. The van der Waals surface area contributed by atoms with Crippen LogP contribution in [0.4, 0.5) is 0 Å². The van der Waals surface area contributed by atoms with Gasteiger partial charge in [-0.15, -0.1) is 0 Å². The van der Waals surface area contributed by atoms with Crippen molar-refractivity contribution in [1.82, 2.24) is 16.0 Å². The van der Waals surface area contributed by atoms with Crippen LogP contribution in [0.5, 0.6) is 0 Å². The van der Waals surface area contributed by atoms with Crippen molar-refractivity contribution in [3.05, 3.63) is 71.8 Å². The van der Waals surface area contributed by atoms with Crippen molar-refractivity contribution < 1.29 is 34.2 Å². The zero-order valence-corrected chi connectivity index (χ0v) is 22.8. The average Bonchev–Trinajstić information content (AvgIpc) is 2.95. The number of carbonyl (C=O) groups excluding carboxylic acids is 3. The van der Waals surface area contributed by atoms with Gasteiger partial charge < -0.3 is 37.6 Å². The summed E-state index contributed by atoms with van der Waals surface area (Å²) in [5.74, 6) is -4.39. The Bertz CT molecular complexity index is 1150. The molecule has 2 rings (SSSR count). The van der Waals surface area contributed by atoms with Gasteiger partial charge >= 0.3 is 11.9 Å². The molecule has 222 valence electrons. The molecule has 2 aromatic carbocycles. The van der Waals surface area contributed by atoms with Gasteiger partial charge in [-0.2, -0.15) is 0 Å². The molecule has 41 heavy (non-hydrogen) atoms. The number of benzene rings is 2. The molecule has 12 heteroatoms. The van der Waals surface area contributed by atoms with E-state index >= 15 is 0 Å². The first kappa shape index (κ1) is 32.9. The van der Waals surface area contributed by atoms with E-state index in [4.69, 9.17) is 16.6 Å². The lowest BCUT2D eigenvalue weighted by Gasteiger charge is -2.25. The van der Waals surface area contributed by atoms with Gasteiger partial charge in [0.15, 0.2) is 0 Å². The van der Waals surface area contributed by atoms with E-state index in [1.807, 2.05) is 0 Å². The van der Waals surface area contributed by atoms with Crippen molar-refractivity contribution in [3.8, 4) is 0 Å². The minimum absolute atomic E-state index is 0.0671. The first-order valence-corrected chi connectivity index (χ1v) is 13.5. The summed E-state index contributed by atoms with van der Waals surface area (Å²) in [5.41, 5.74) is 12.8. The Morgan fingerprint density at radius 1 is 0.659 bits per heavy atom. The molecule has 4 atom stereocenters. The molecule has 2 aromatic rings. The van der Waals surface area contributed by atoms with Gasteiger partial charge in [-0.25, -0.2) is 4.79 Å². The number of nitrogens with one attached hydrogen (secondary N) is 3. The van der Waals surface area contributed by atoms with Gasteiger partial charge in [0.2, 0.25) is 17.7 Å². The fourth-order valence-corrected chi connectivity index (χ4v) is 4.10. The molecule has 0 unspecified atom stereocenters. The van der Waals surface area contributed by atoms with Crippen LogP contribution in [0.15, 0.2) is 60.7 Å². The zero-order chi connectivity index (χ0) is 30.2. The highest BCUT2D eigenvalue weighted by atomic mass is 16.4. The smallest absolute Gasteiger partial charge is 0.326 e. The highest BCUT2D eigenvalue weighted by Gasteiger charge is 2.30. The van der Waals surface area contributed by atoms with Crippen LogP contribution in [-0.2, 0) is 36.8 Å². The third kappa shape index (κ3) is 12.2. The minimum atomic E-state index is -1.20. The van der Waals surface area contributed by atoms with Crippen molar-refractivity contribution in [1.29, 1.82) is 0 Å². The van der Waals surface area contributed by atoms with Crippen molar-refractivity contribution in [3.63, 3.8) is 0 Å². The fourth-order valence-electron chi connectivity index (χ4n) is 4.10. The maximum atomic E-state index is 13.5. The summed E-state index contributed by atoms with van der Waals surface area (Å²) < 4.78 is 0. The summed E-state index contributed by atoms with van der Waals surface area (Å²) in [7, 11) is 0. The van der Waals surface area contributed by atoms with E-state index in [-0.39, 0.29) is 32.1 Å². The molecule has 0 heterocycles. The van der Waals surface area contributed by atoms with Crippen molar-refractivity contribution >= 4 is 29.7 Å². The number of carboxylic acids is 2. The van der Waals surface area contributed by atoms with Crippen LogP contribution in [0.3, 0.4) is 0 Å². The third-order valence-corrected chi connectivity index (χ3v) is 6.40. The van der Waals surface area contributed by atoms with E-state index in [0.29, 0.717) is 19.4 Å². The Hall–Kier alpha value is -4.29. The quantitative estimate of drug-likeness (QED) is 0.123. The molecule has 0 spiro atoms. The number of unbranched alkanes of at least 4 members (excludes halogenated alkanes) is 1. The summed E-state index contributed by atoms with van der Waals surface area (Å²) in [6, 6.07) is 13.1. The molecule has 0 saturated heterocycles. The maximum absolute atomic E-state index is 13.5. The SMILES string of the molecule is NCCCC[C@H](NC(=O)[C@H](Cc1ccccc1)NC(=O)[C@H](Cc1ccccc1)NC(=O)[C@H](N)CCC(=O)O)C(=O)O. The number of rotatable bonds is 18. The van der Waals surface area contributed by atoms with Crippen LogP contribution in [0, 0.1) is 0 Å². The number of aliphatic carboxylic acids is 2. The van der Waals surface area contributed by atoms with E-state index in [2.05, 4.69) is 16.0 Å². The Morgan fingerprint density at radius 3 is 1.56 bits per heavy atom. The number of hydrogen-bond acceptors (Lipinski definition) is 7. The van der Waals surface area contributed by atoms with Crippen LogP contribution in [0.1, 0.15) is 43.2 Å². The van der Waals surface area contributed by atoms with Crippen molar-refractivity contribution in [2.24, 2.45) is 11.5 Å². The summed E-state index contributed by atoms with van der Waals surface area (Å²) in [6.07, 6.45) is 0.958. The highest BCUT2D eigenvalue weighted by Crippen LogP contribution is 2.09. The van der Waals surface area contributed by atoms with Gasteiger partial charge in [0.05, 0.1) is 6.04 Å². The second-order valence-corrected chi connectivity index (χ2v) is 9.72. The summed E-state index contributed by atoms with van der Waals surface area (Å²) in [6.45, 7) is 0.390. The Balaban J connectivity index is 2.26. The number of hydrogen-bond donors (Lipinski definition) is 7. The predicted octanol–water partition coefficient (Wildman–Crippen LogP) is 0.332. The van der Waals surface area contributed by atoms with E-state index < -0.39 is 53.8 Å². The lowest BCUT2D eigenvalue weighted by Crippen LogP contribution is -2.58. The molecule has 12 nitrogen and oxygen atoms in total. The van der Waals surface area contributed by atoms with E-state index in [9.17, 15) is 29.1 Å². The molecule has 0 aliphatic rings. The summed E-state index contributed by atoms with van der Waals surface area (Å²) in [5, 5.41) is 26.3. The molecular weight excluding hydrogens is 530 g/mol. The monoisotopic (exact) mass is 569 g/mol. The van der Waals surface area contributed by atoms with Crippen LogP contribution < -0.4 is 27.4 Å². The minimum Gasteiger partial charge on any atom is -0.481 e. The fraction of sp³-hybridized carbons (Fsp3) is 0.414. The molecule has 9 N–H and O–H groups in total. The standard InChI is InChI=1S/C29H39N5O7/c30-16-8-7-13-22(29(40)41)32-27(38)24(18-20-11-5-2-6-12-20)34-28(39)23(17-19-9-3-1-4-10-19)33-26(37)21(31)14-15-25(35)36/h1-6,9-12,21-24H,7-8,13-18,30-31H2,(H,32,38)(H,33,37)(H,34,39)(H,35,36)(H,40,41)/t21-,22+,23+,24+/m1/s1. The van der Waals surface area contributed by atoms with E-state index in [0.717, 1.165) is 11.1 Å². The lowest BCUT2D eigenvalue weighted by atomic mass is 10.0. The topological polar surface area (TPSA) is 214 Å². The van der Waals surface area contributed by atoms with Gasteiger partial charge in [-0.1, -0.05) is 60.7 Å². The van der Waals surface area contributed by atoms with Crippen LogP contribution in [-0.4, -0.2) is 70.6 Å². The lowest BCUT2D eigenvalue weighted by molar-refractivity contribution is -0.142. The normalized spacial score (nSPS) is 13.7. The Labute approximate surface area is 238 Å². The van der Waals surface area contributed by atoms with Crippen LogP contribution in [0.2, 0.25) is 0 Å². The number of nitrogens with two attached hydrogens (primary N) is 2. The number of carboxylic acid groups (broad SMARTS) is 2. The molecule has 0 aliphatic heterocycles. The first-order chi connectivity index (χ1) is 19.6. The molecule has 0 bridgehead atoms. The molecule has 0 aliphatic carbocycles. The number of carbonyl (C=O) groups is 5. The van der Waals surface area contributed by atoms with Gasteiger partial charge in [0.25, 0.3) is 0 Å². The zero-order valence-electron chi connectivity index (χ0n) is 22.8. The molecule has 0 aromatic heterocycles. The second-order valence-electron chi connectivity index (χ2n) is 9.72. The average molecular weight is 570 g/mol. The van der Waals surface area contributed by atoms with Crippen molar-refractivity contribution in [2.75, 3.05) is 6.54 Å². The van der Waals surface area contributed by atoms with Crippen LogP contribution in [0.25, 0.3) is 0 Å². The molecule has 0 saturated carbocycles. The van der Waals surface area contributed by atoms with Crippen molar-refractivity contribution in [2.45, 2.75) is 69.1 Å². The molecule has 0 radical (unpaired) electrons. The molecule has 3 amide bonds. The first-order valence-electron chi connectivity index (χ1n) is 13.5. The predicted molar refractivity (Wildman–Crippen MR) is 151 cm³/mol. The molecule has 0 fully saturated rings. The van der Waals surface area contributed by atoms with E-state index in [1.165, 1.54) is 0 Å². The second kappa shape index (κ2) is 17.4. The Morgan fingerprint density at radius 2 is 1.12 bits per heavy atom.